The predicted octanol–water partition coefficient (Wildman–Crippen LogP) is 1.25. The highest BCUT2D eigenvalue weighted by Gasteiger charge is 2.28. The molecule has 2 aromatic rings. The SMILES string of the molecule is CC(=O)NCCCC[C@H](NC(=O)[C@H](CCCCNC(=O)CSc1nc2ccccc2s1)NC(=O)[C@H](CCCCNC(C)=O)NC(C)=O)C(N)=O. The van der Waals surface area contributed by atoms with Gasteiger partial charge in [-0.3, -0.25) is 33.6 Å². The Morgan fingerprint density at radius 1 is 0.680 bits per heavy atom. The highest BCUT2D eigenvalue weighted by atomic mass is 32.2. The number of carbonyl (C=O) groups excluding carboxylic acids is 7. The van der Waals surface area contributed by atoms with Crippen LogP contribution in [0, 0.1) is 0 Å². The molecule has 3 atom stereocenters. The third-order valence-electron chi connectivity index (χ3n) is 7.42. The number of amides is 7. The van der Waals surface area contributed by atoms with E-state index < -0.39 is 41.8 Å². The van der Waals surface area contributed by atoms with Gasteiger partial charge in [-0.05, 0) is 69.9 Å². The van der Waals surface area contributed by atoms with Gasteiger partial charge in [0.25, 0.3) is 0 Å². The van der Waals surface area contributed by atoms with E-state index in [9.17, 15) is 33.6 Å². The van der Waals surface area contributed by atoms with E-state index in [2.05, 4.69) is 36.9 Å². The number of primary amides is 1. The number of para-hydroxylation sites is 1. The van der Waals surface area contributed by atoms with Crippen molar-refractivity contribution in [3.8, 4) is 0 Å². The van der Waals surface area contributed by atoms with E-state index in [0.29, 0.717) is 58.2 Å². The zero-order valence-electron chi connectivity index (χ0n) is 28.9. The lowest BCUT2D eigenvalue weighted by Gasteiger charge is -2.25. The zero-order chi connectivity index (χ0) is 36.9. The molecule has 0 aliphatic carbocycles. The number of hydrogen-bond acceptors (Lipinski definition) is 10. The summed E-state index contributed by atoms with van der Waals surface area (Å²) >= 11 is 2.88. The number of fused-ring (bicyclic) bond motifs is 1. The Hall–Kier alpha value is -4.25. The first-order valence-electron chi connectivity index (χ1n) is 16.8. The first-order valence-corrected chi connectivity index (χ1v) is 18.6. The van der Waals surface area contributed by atoms with Gasteiger partial charge in [-0.1, -0.05) is 23.9 Å². The summed E-state index contributed by atoms with van der Waals surface area (Å²) in [6.07, 6.45) is 3.85. The van der Waals surface area contributed by atoms with Crippen LogP contribution in [0.15, 0.2) is 28.6 Å². The number of unbranched alkanes of at least 4 members (excludes halogenated alkanes) is 3. The molecule has 8 N–H and O–H groups in total. The molecule has 1 aromatic carbocycles. The van der Waals surface area contributed by atoms with Gasteiger partial charge in [-0.2, -0.15) is 0 Å². The number of rotatable bonds is 24. The number of aromatic nitrogens is 1. The molecule has 1 heterocycles. The molecule has 15 nitrogen and oxygen atoms in total. The number of thiazole rings is 1. The van der Waals surface area contributed by atoms with Crippen LogP contribution in [0.2, 0.25) is 0 Å². The second kappa shape index (κ2) is 23.2. The van der Waals surface area contributed by atoms with Crippen LogP contribution in [-0.2, 0) is 33.6 Å². The quantitative estimate of drug-likeness (QED) is 0.0607. The predicted molar refractivity (Wildman–Crippen MR) is 193 cm³/mol. The summed E-state index contributed by atoms with van der Waals surface area (Å²) in [5.74, 6) is -2.61. The average Bonchev–Trinajstić information content (AvgIpc) is 3.47. The van der Waals surface area contributed by atoms with Gasteiger partial charge >= 0.3 is 0 Å². The van der Waals surface area contributed by atoms with Gasteiger partial charge in [0.2, 0.25) is 41.4 Å². The minimum Gasteiger partial charge on any atom is -0.368 e. The molecule has 0 aliphatic rings. The van der Waals surface area contributed by atoms with Crippen LogP contribution in [0.1, 0.15) is 78.6 Å². The normalized spacial score (nSPS) is 12.6. The van der Waals surface area contributed by atoms with Gasteiger partial charge in [0.05, 0.1) is 16.0 Å². The van der Waals surface area contributed by atoms with Crippen molar-refractivity contribution in [1.82, 2.24) is 36.9 Å². The molecule has 0 unspecified atom stereocenters. The van der Waals surface area contributed by atoms with Crippen molar-refractivity contribution in [2.75, 3.05) is 25.4 Å². The van der Waals surface area contributed by atoms with E-state index in [-0.39, 0.29) is 42.7 Å². The molecule has 7 amide bonds. The maximum atomic E-state index is 13.4. The molecule has 0 fully saturated rings. The monoisotopic (exact) mass is 734 g/mol. The Morgan fingerprint density at radius 2 is 1.18 bits per heavy atom. The van der Waals surface area contributed by atoms with Crippen molar-refractivity contribution >= 4 is 74.7 Å². The van der Waals surface area contributed by atoms with Gasteiger partial charge in [-0.15, -0.1) is 11.3 Å². The third-order valence-corrected chi connectivity index (χ3v) is 9.60. The molecule has 0 bridgehead atoms. The number of nitrogens with zero attached hydrogens (tertiary/aromatic N) is 1. The minimum absolute atomic E-state index is 0.156. The number of hydrogen-bond donors (Lipinski definition) is 7. The Labute approximate surface area is 300 Å². The first-order chi connectivity index (χ1) is 23.8. The smallest absolute Gasteiger partial charge is 0.243 e. The molecule has 2 rings (SSSR count). The molecule has 0 aliphatic heterocycles. The molecular formula is C33H50N8O7S2. The number of carbonyl (C=O) groups is 7. The van der Waals surface area contributed by atoms with Crippen molar-refractivity contribution in [2.24, 2.45) is 5.73 Å². The lowest BCUT2D eigenvalue weighted by Crippen LogP contribution is -2.56. The second-order valence-electron chi connectivity index (χ2n) is 11.8. The maximum Gasteiger partial charge on any atom is 0.243 e. The summed E-state index contributed by atoms with van der Waals surface area (Å²) in [5.41, 5.74) is 6.46. The highest BCUT2D eigenvalue weighted by molar-refractivity contribution is 8.01. The lowest BCUT2D eigenvalue weighted by atomic mass is 10.0. The van der Waals surface area contributed by atoms with Crippen LogP contribution in [-0.4, -0.2) is 89.8 Å². The maximum absolute atomic E-state index is 13.4. The Kier molecular flexibility index (Phi) is 19.5. The van der Waals surface area contributed by atoms with Crippen LogP contribution in [0.5, 0.6) is 0 Å². The highest BCUT2D eigenvalue weighted by Crippen LogP contribution is 2.29. The average molecular weight is 735 g/mol. The lowest BCUT2D eigenvalue weighted by molar-refractivity contribution is -0.133. The van der Waals surface area contributed by atoms with Gasteiger partial charge in [0, 0.05) is 40.4 Å². The second-order valence-corrected chi connectivity index (χ2v) is 14.1. The van der Waals surface area contributed by atoms with Crippen molar-refractivity contribution in [3.63, 3.8) is 0 Å². The van der Waals surface area contributed by atoms with Crippen LogP contribution in [0.3, 0.4) is 0 Å². The molecule has 1 aromatic heterocycles. The first kappa shape index (κ1) is 41.9. The third kappa shape index (κ3) is 17.4. The van der Waals surface area contributed by atoms with Gasteiger partial charge in [-0.25, -0.2) is 4.98 Å². The Balaban J connectivity index is 1.97. The fourth-order valence-electron chi connectivity index (χ4n) is 4.88. The molecule has 276 valence electrons. The van der Waals surface area contributed by atoms with Crippen LogP contribution in [0.4, 0.5) is 0 Å². The standard InChI is InChI=1S/C33H50N8O7S2/c1-21(42)35-17-9-6-13-25(30(34)46)39-32(48)27(40-31(47)26(38-23(3)44)14-7-10-18-36-22(2)43)15-8-11-19-37-29(45)20-49-33-41-24-12-4-5-16-28(24)50-33/h4-5,12,16,25-27H,6-11,13-15,17-20H2,1-3H3,(H2,34,46)(H,35,42)(H,36,43)(H,37,45)(H,38,44)(H,39,48)(H,40,47)/t25-,26-,27-/m0/s1. The van der Waals surface area contributed by atoms with Crippen molar-refractivity contribution in [1.29, 1.82) is 0 Å². The van der Waals surface area contributed by atoms with Gasteiger partial charge in [0.1, 0.15) is 18.1 Å². The van der Waals surface area contributed by atoms with Gasteiger partial charge in [0.15, 0.2) is 4.34 Å². The van der Waals surface area contributed by atoms with E-state index in [1.54, 1.807) is 0 Å². The largest absolute Gasteiger partial charge is 0.368 e. The topological polar surface area (TPSA) is 231 Å². The number of nitrogens with one attached hydrogen (secondary N) is 6. The summed E-state index contributed by atoms with van der Waals surface area (Å²) in [4.78, 5) is 90.1. The number of benzene rings is 1. The molecule has 0 saturated heterocycles. The molecular weight excluding hydrogens is 685 g/mol. The molecule has 50 heavy (non-hydrogen) atoms. The van der Waals surface area contributed by atoms with Crippen LogP contribution < -0.4 is 37.6 Å². The molecule has 0 saturated carbocycles. The van der Waals surface area contributed by atoms with E-state index in [1.807, 2.05) is 24.3 Å². The van der Waals surface area contributed by atoms with Crippen LogP contribution in [0.25, 0.3) is 10.2 Å². The zero-order valence-corrected chi connectivity index (χ0v) is 30.6. The number of thioether (sulfide) groups is 1. The van der Waals surface area contributed by atoms with Crippen LogP contribution >= 0.6 is 23.1 Å². The van der Waals surface area contributed by atoms with Crippen molar-refractivity contribution in [3.05, 3.63) is 24.3 Å². The van der Waals surface area contributed by atoms with E-state index >= 15 is 0 Å². The van der Waals surface area contributed by atoms with Crippen molar-refractivity contribution in [2.45, 2.75) is 101 Å². The molecule has 17 heteroatoms. The summed E-state index contributed by atoms with van der Waals surface area (Å²) in [6.45, 7) is 5.29. The van der Waals surface area contributed by atoms with E-state index in [1.165, 1.54) is 43.9 Å². The summed E-state index contributed by atoms with van der Waals surface area (Å²) in [5, 5.41) is 16.2. The van der Waals surface area contributed by atoms with Crippen molar-refractivity contribution < 1.29 is 33.6 Å². The summed E-state index contributed by atoms with van der Waals surface area (Å²) < 4.78 is 1.86. The fraction of sp³-hybridized carbons (Fsp3) is 0.576. The van der Waals surface area contributed by atoms with E-state index in [0.717, 1.165) is 14.6 Å². The molecule has 0 radical (unpaired) electrons. The van der Waals surface area contributed by atoms with Gasteiger partial charge < -0.3 is 37.6 Å². The van der Waals surface area contributed by atoms with E-state index in [4.69, 9.17) is 5.73 Å². The number of nitrogens with two attached hydrogens (primary N) is 1. The minimum atomic E-state index is -1.05. The summed E-state index contributed by atoms with van der Waals surface area (Å²) in [6, 6.07) is 4.79. The Morgan fingerprint density at radius 3 is 1.70 bits per heavy atom. The fourth-order valence-corrected chi connectivity index (χ4v) is 6.78. The summed E-state index contributed by atoms with van der Waals surface area (Å²) in [7, 11) is 0. The Bertz CT molecular complexity index is 1420. The molecule has 0 spiro atoms.